The van der Waals surface area contributed by atoms with Gasteiger partial charge in [-0.2, -0.15) is 0 Å². The molecule has 2 fully saturated rings. The van der Waals surface area contributed by atoms with E-state index in [0.717, 1.165) is 48.6 Å². The van der Waals surface area contributed by atoms with E-state index in [1.165, 1.54) is 44.5 Å². The minimum atomic E-state index is 0.496. The Morgan fingerprint density at radius 3 is 2.78 bits per heavy atom. The zero-order valence-electron chi connectivity index (χ0n) is 16.3. The molecule has 0 aliphatic carbocycles. The molecule has 4 heterocycles. The second-order valence-corrected chi connectivity index (χ2v) is 8.81. The van der Waals surface area contributed by atoms with Gasteiger partial charge in [-0.3, -0.25) is 4.90 Å². The van der Waals surface area contributed by atoms with Crippen molar-refractivity contribution in [3.63, 3.8) is 0 Å². The van der Waals surface area contributed by atoms with Crippen molar-refractivity contribution in [2.75, 3.05) is 38.5 Å². The van der Waals surface area contributed by atoms with Gasteiger partial charge in [0, 0.05) is 36.7 Å². The molecule has 27 heavy (non-hydrogen) atoms. The summed E-state index contributed by atoms with van der Waals surface area (Å²) in [6, 6.07) is 6.25. The molecule has 0 aromatic carbocycles. The lowest BCUT2D eigenvalue weighted by Gasteiger charge is -2.31. The Balaban J connectivity index is 1.31. The summed E-state index contributed by atoms with van der Waals surface area (Å²) < 4.78 is 5.76. The lowest BCUT2D eigenvalue weighted by Crippen LogP contribution is -2.34. The van der Waals surface area contributed by atoms with E-state index in [1.807, 2.05) is 19.2 Å². The summed E-state index contributed by atoms with van der Waals surface area (Å²) >= 11 is 1.80. The van der Waals surface area contributed by atoms with Crippen LogP contribution in [0.5, 0.6) is 0 Å². The first-order valence-electron chi connectivity index (χ1n) is 10.2. The minimum absolute atomic E-state index is 0.496. The van der Waals surface area contributed by atoms with Gasteiger partial charge in [0.25, 0.3) is 0 Å². The van der Waals surface area contributed by atoms with E-state index >= 15 is 0 Å². The highest BCUT2D eigenvalue weighted by Gasteiger charge is 2.23. The average Bonchev–Trinajstić information content (AvgIpc) is 3.34. The quantitative estimate of drug-likeness (QED) is 0.530. The molecule has 0 N–H and O–H groups in total. The van der Waals surface area contributed by atoms with Crippen molar-refractivity contribution in [2.24, 2.45) is 0 Å². The standard InChI is InChI=1S/C21H30N4OS/c1-17-6-7-19(26-17)16-25-12-4-5-18(15-25)20-8-9-22-21(23-20)27-14-13-24-10-2-3-11-24/h6-9,18H,2-5,10-16H2,1H3. The molecule has 0 saturated carbocycles. The van der Waals surface area contributed by atoms with Crippen LogP contribution in [0.3, 0.4) is 0 Å². The zero-order chi connectivity index (χ0) is 18.5. The van der Waals surface area contributed by atoms with Crippen LogP contribution in [-0.4, -0.2) is 58.2 Å². The molecule has 0 spiro atoms. The van der Waals surface area contributed by atoms with Crippen LogP contribution in [0, 0.1) is 6.92 Å². The predicted molar refractivity (Wildman–Crippen MR) is 109 cm³/mol. The maximum absolute atomic E-state index is 5.76. The van der Waals surface area contributed by atoms with Crippen LogP contribution in [0.25, 0.3) is 0 Å². The summed E-state index contributed by atoms with van der Waals surface area (Å²) in [6.45, 7) is 8.76. The number of hydrogen-bond acceptors (Lipinski definition) is 6. The number of thioether (sulfide) groups is 1. The Bertz CT molecular complexity index is 728. The summed E-state index contributed by atoms with van der Waals surface area (Å²) in [5.74, 6) is 3.63. The number of nitrogens with zero attached hydrogens (tertiary/aromatic N) is 4. The van der Waals surface area contributed by atoms with Gasteiger partial charge in [-0.05, 0) is 70.4 Å². The maximum atomic E-state index is 5.76. The third-order valence-electron chi connectivity index (χ3n) is 5.59. The van der Waals surface area contributed by atoms with Crippen molar-refractivity contribution < 1.29 is 4.42 Å². The number of likely N-dealkylation sites (tertiary alicyclic amines) is 2. The number of aromatic nitrogens is 2. The second kappa shape index (κ2) is 9.22. The zero-order valence-corrected chi connectivity index (χ0v) is 17.1. The van der Waals surface area contributed by atoms with Crippen molar-refractivity contribution >= 4 is 11.8 Å². The van der Waals surface area contributed by atoms with Crippen LogP contribution in [0.1, 0.15) is 48.8 Å². The Kier molecular flexibility index (Phi) is 6.47. The number of piperidine rings is 1. The summed E-state index contributed by atoms with van der Waals surface area (Å²) in [5, 5.41) is 0.936. The average molecular weight is 387 g/mol. The number of hydrogen-bond donors (Lipinski definition) is 0. The molecule has 1 unspecified atom stereocenters. The van der Waals surface area contributed by atoms with Crippen molar-refractivity contribution in [2.45, 2.75) is 50.2 Å². The van der Waals surface area contributed by atoms with E-state index in [-0.39, 0.29) is 0 Å². The van der Waals surface area contributed by atoms with E-state index < -0.39 is 0 Å². The first-order chi connectivity index (χ1) is 13.3. The van der Waals surface area contributed by atoms with Gasteiger partial charge < -0.3 is 9.32 Å². The molecule has 2 aromatic rings. The van der Waals surface area contributed by atoms with Gasteiger partial charge in [0.2, 0.25) is 0 Å². The topological polar surface area (TPSA) is 45.4 Å². The molecular weight excluding hydrogens is 356 g/mol. The first-order valence-corrected chi connectivity index (χ1v) is 11.2. The van der Waals surface area contributed by atoms with Crippen LogP contribution < -0.4 is 0 Å². The van der Waals surface area contributed by atoms with E-state index in [2.05, 4.69) is 26.9 Å². The highest BCUT2D eigenvalue weighted by Crippen LogP contribution is 2.28. The normalized spacial score (nSPS) is 21.7. The molecule has 0 radical (unpaired) electrons. The Hall–Kier alpha value is -1.37. The Labute approximate surface area is 166 Å². The van der Waals surface area contributed by atoms with E-state index in [9.17, 15) is 0 Å². The van der Waals surface area contributed by atoms with Gasteiger partial charge in [-0.15, -0.1) is 0 Å². The second-order valence-electron chi connectivity index (χ2n) is 7.75. The van der Waals surface area contributed by atoms with Gasteiger partial charge >= 0.3 is 0 Å². The molecule has 2 aliphatic rings. The van der Waals surface area contributed by atoms with E-state index in [0.29, 0.717) is 5.92 Å². The molecule has 2 aromatic heterocycles. The smallest absolute Gasteiger partial charge is 0.187 e. The number of furan rings is 1. The molecule has 4 rings (SSSR count). The van der Waals surface area contributed by atoms with Crippen molar-refractivity contribution in [3.8, 4) is 0 Å². The van der Waals surface area contributed by atoms with E-state index in [4.69, 9.17) is 9.40 Å². The fourth-order valence-electron chi connectivity index (χ4n) is 4.15. The monoisotopic (exact) mass is 386 g/mol. The third-order valence-corrected chi connectivity index (χ3v) is 6.43. The van der Waals surface area contributed by atoms with Crippen LogP contribution >= 0.6 is 11.8 Å². The van der Waals surface area contributed by atoms with Gasteiger partial charge in [-0.1, -0.05) is 11.8 Å². The fraction of sp³-hybridized carbons (Fsp3) is 0.619. The predicted octanol–water partition coefficient (Wildman–Crippen LogP) is 3.95. The highest BCUT2D eigenvalue weighted by molar-refractivity contribution is 7.99. The molecule has 6 heteroatoms. The summed E-state index contributed by atoms with van der Waals surface area (Å²) in [6.07, 6.45) is 7.07. The van der Waals surface area contributed by atoms with Gasteiger partial charge in [-0.25, -0.2) is 9.97 Å². The largest absolute Gasteiger partial charge is 0.465 e. The Morgan fingerprint density at radius 1 is 1.11 bits per heavy atom. The lowest BCUT2D eigenvalue weighted by molar-refractivity contribution is 0.184. The number of aryl methyl sites for hydroxylation is 1. The minimum Gasteiger partial charge on any atom is -0.465 e. The SMILES string of the molecule is Cc1ccc(CN2CCCC(c3ccnc(SCCN4CCCC4)n3)C2)o1. The molecule has 2 saturated heterocycles. The number of rotatable bonds is 7. The van der Waals surface area contributed by atoms with E-state index in [1.54, 1.807) is 11.8 Å². The first kappa shape index (κ1) is 19.0. The van der Waals surface area contributed by atoms with Crippen molar-refractivity contribution in [1.29, 1.82) is 0 Å². The summed E-state index contributed by atoms with van der Waals surface area (Å²) in [4.78, 5) is 14.4. The van der Waals surface area contributed by atoms with Crippen LogP contribution in [0.4, 0.5) is 0 Å². The molecule has 5 nitrogen and oxygen atoms in total. The molecule has 1 atom stereocenters. The molecule has 2 aliphatic heterocycles. The molecule has 0 bridgehead atoms. The summed E-state index contributed by atoms with van der Waals surface area (Å²) in [7, 11) is 0. The van der Waals surface area contributed by atoms with Gasteiger partial charge in [0.15, 0.2) is 5.16 Å². The lowest BCUT2D eigenvalue weighted by atomic mass is 9.94. The van der Waals surface area contributed by atoms with Crippen molar-refractivity contribution in [1.82, 2.24) is 19.8 Å². The van der Waals surface area contributed by atoms with Crippen molar-refractivity contribution in [3.05, 3.63) is 41.6 Å². The molecule has 146 valence electrons. The van der Waals surface area contributed by atoms with Crippen LogP contribution in [-0.2, 0) is 6.54 Å². The van der Waals surface area contributed by atoms with Gasteiger partial charge in [0.05, 0.1) is 6.54 Å². The molecule has 0 amide bonds. The highest BCUT2D eigenvalue weighted by atomic mass is 32.2. The van der Waals surface area contributed by atoms with Crippen LogP contribution in [0.2, 0.25) is 0 Å². The Morgan fingerprint density at radius 2 is 1.96 bits per heavy atom. The maximum Gasteiger partial charge on any atom is 0.187 e. The van der Waals surface area contributed by atoms with Gasteiger partial charge in [0.1, 0.15) is 11.5 Å². The third kappa shape index (κ3) is 5.33. The molecular formula is C21H30N4OS. The summed E-state index contributed by atoms with van der Waals surface area (Å²) in [5.41, 5.74) is 1.20. The fourth-order valence-corrected chi connectivity index (χ4v) is 4.99. The van der Waals surface area contributed by atoms with Crippen LogP contribution in [0.15, 0.2) is 34.0 Å².